The van der Waals surface area contributed by atoms with Gasteiger partial charge in [-0.05, 0) is 0 Å². The average Bonchev–Trinajstić information content (AvgIpc) is 2.08. The number of aryl methyl sites for hydroxylation is 1. The first kappa shape index (κ1) is 13.0. The van der Waals surface area contributed by atoms with Crippen molar-refractivity contribution >= 4 is 12.2 Å². The second-order valence-corrected chi connectivity index (χ2v) is 2.61. The van der Waals surface area contributed by atoms with Gasteiger partial charge in [0.15, 0.2) is 12.4 Å². The third-order valence-corrected chi connectivity index (χ3v) is 1.39. The molecule has 0 unspecified atom stereocenters. The molecule has 0 saturated carbocycles. The molecular weight excluding hydrogens is 295 g/mol. The fraction of sp³-hybridized carbons (Fsp3) is 0.222. The summed E-state index contributed by atoms with van der Waals surface area (Å²) in [6.07, 6.45) is 5.26. The summed E-state index contributed by atoms with van der Waals surface area (Å²) < 4.78 is 1.91. The summed E-state index contributed by atoms with van der Waals surface area (Å²) in [5.74, 6) is -0.419. The molecule has 1 aromatic rings. The molecule has 14 heavy (non-hydrogen) atoms. The molecule has 0 bridgehead atoms. The van der Waals surface area contributed by atoms with Gasteiger partial charge in [-0.25, -0.2) is 9.36 Å². The topological polar surface area (TPSA) is 42.5 Å². The van der Waals surface area contributed by atoms with Gasteiger partial charge in [0.05, 0.1) is 6.21 Å². The Balaban J connectivity index is 0.00000169. The van der Waals surface area contributed by atoms with Gasteiger partial charge < -0.3 is 28.8 Å². The lowest BCUT2D eigenvalue weighted by molar-refractivity contribution is -0.671. The Morgan fingerprint density at radius 2 is 2.07 bits per heavy atom. The van der Waals surface area contributed by atoms with Gasteiger partial charge in [-0.2, -0.15) is 0 Å². The molecular formula is C9H11IN2O2. The monoisotopic (exact) mass is 306 g/mol. The highest BCUT2D eigenvalue weighted by atomic mass is 127. The van der Waals surface area contributed by atoms with Crippen molar-refractivity contribution in [2.75, 3.05) is 0 Å². The van der Waals surface area contributed by atoms with E-state index < -0.39 is 5.97 Å². The Kier molecular flexibility index (Phi) is 6.02. The molecule has 0 aromatic carbocycles. The van der Waals surface area contributed by atoms with Crippen LogP contribution in [0, 0.1) is 0 Å². The van der Waals surface area contributed by atoms with Crippen LogP contribution in [0.4, 0.5) is 0 Å². The highest BCUT2D eigenvalue weighted by Crippen LogP contribution is 1.90. The van der Waals surface area contributed by atoms with Gasteiger partial charge in [-0.15, -0.1) is 0 Å². The van der Waals surface area contributed by atoms with E-state index in [1.165, 1.54) is 13.1 Å². The van der Waals surface area contributed by atoms with Gasteiger partial charge in [-0.1, -0.05) is 5.16 Å². The SMILES string of the molecule is CC(=O)O/N=C/c1cc[n+](C)cc1.[I-]. The molecule has 0 fully saturated rings. The van der Waals surface area contributed by atoms with Crippen LogP contribution in [0.15, 0.2) is 29.7 Å². The minimum atomic E-state index is -0.419. The van der Waals surface area contributed by atoms with E-state index in [0.29, 0.717) is 0 Å². The number of carbonyl (C=O) groups is 1. The number of nitrogens with zero attached hydrogens (tertiary/aromatic N) is 2. The van der Waals surface area contributed by atoms with Gasteiger partial charge >= 0.3 is 5.97 Å². The van der Waals surface area contributed by atoms with E-state index in [1.807, 2.05) is 36.1 Å². The van der Waals surface area contributed by atoms with Crippen LogP contribution in [0.3, 0.4) is 0 Å². The summed E-state index contributed by atoms with van der Waals surface area (Å²) in [5, 5.41) is 3.49. The molecule has 0 amide bonds. The van der Waals surface area contributed by atoms with E-state index in [9.17, 15) is 4.79 Å². The van der Waals surface area contributed by atoms with Crippen LogP contribution >= 0.6 is 0 Å². The third kappa shape index (κ3) is 4.90. The lowest BCUT2D eigenvalue weighted by Gasteiger charge is -1.90. The molecule has 76 valence electrons. The molecule has 0 atom stereocenters. The number of rotatable bonds is 2. The molecule has 0 aliphatic heterocycles. The zero-order valence-corrected chi connectivity index (χ0v) is 10.1. The second-order valence-electron chi connectivity index (χ2n) is 2.61. The lowest BCUT2D eigenvalue weighted by atomic mass is 10.3. The van der Waals surface area contributed by atoms with Crippen LogP contribution in [-0.4, -0.2) is 12.2 Å². The first-order chi connectivity index (χ1) is 6.18. The molecule has 0 radical (unpaired) electrons. The predicted molar refractivity (Wildman–Crippen MR) is 47.0 cm³/mol. The molecule has 0 saturated heterocycles. The zero-order chi connectivity index (χ0) is 9.68. The van der Waals surface area contributed by atoms with Gasteiger partial charge in [-0.3, -0.25) is 0 Å². The first-order valence-electron chi connectivity index (χ1n) is 3.85. The number of carbonyl (C=O) groups excluding carboxylic acids is 1. The summed E-state index contributed by atoms with van der Waals surface area (Å²) in [6.45, 7) is 1.31. The third-order valence-electron chi connectivity index (χ3n) is 1.39. The molecule has 5 heteroatoms. The standard InChI is InChI=1S/C9H11N2O2.HI/c1-8(12)13-10-7-9-3-5-11(2)6-4-9;/h3-7H,1-2H3;1H/q+1;/p-1/b10-7+;. The van der Waals surface area contributed by atoms with E-state index >= 15 is 0 Å². The Bertz CT molecular complexity index is 322. The van der Waals surface area contributed by atoms with Crippen molar-refractivity contribution in [3.63, 3.8) is 0 Å². The van der Waals surface area contributed by atoms with Crippen molar-refractivity contribution < 1.29 is 38.2 Å². The van der Waals surface area contributed by atoms with Crippen molar-refractivity contribution in [2.24, 2.45) is 12.2 Å². The maximum Gasteiger partial charge on any atom is 0.331 e. The fourth-order valence-corrected chi connectivity index (χ4v) is 0.760. The Labute approximate surface area is 99.6 Å². The second kappa shape index (κ2) is 6.47. The highest BCUT2D eigenvalue weighted by Gasteiger charge is 1.92. The Hall–Kier alpha value is -0.980. The summed E-state index contributed by atoms with van der Waals surface area (Å²) >= 11 is 0. The molecule has 1 rings (SSSR count). The highest BCUT2D eigenvalue weighted by molar-refractivity contribution is 5.79. The minimum Gasteiger partial charge on any atom is -1.00 e. The average molecular weight is 306 g/mol. The minimum absolute atomic E-state index is 0. The van der Waals surface area contributed by atoms with Gasteiger partial charge in [0, 0.05) is 24.6 Å². The van der Waals surface area contributed by atoms with E-state index in [1.54, 1.807) is 0 Å². The summed E-state index contributed by atoms with van der Waals surface area (Å²) in [5.41, 5.74) is 0.888. The lowest BCUT2D eigenvalue weighted by Crippen LogP contribution is -3.00. The smallest absolute Gasteiger partial charge is 0.331 e. The predicted octanol–water partition coefficient (Wildman–Crippen LogP) is -2.59. The summed E-state index contributed by atoms with van der Waals surface area (Å²) in [4.78, 5) is 14.7. The van der Waals surface area contributed by atoms with Crippen molar-refractivity contribution in [1.82, 2.24) is 0 Å². The van der Waals surface area contributed by atoms with Crippen LogP contribution < -0.4 is 28.5 Å². The van der Waals surface area contributed by atoms with Crippen molar-refractivity contribution in [1.29, 1.82) is 0 Å². The van der Waals surface area contributed by atoms with Crippen molar-refractivity contribution in [2.45, 2.75) is 6.92 Å². The molecule has 1 aromatic heterocycles. The van der Waals surface area contributed by atoms with Gasteiger partial charge in [0.25, 0.3) is 0 Å². The van der Waals surface area contributed by atoms with E-state index in [-0.39, 0.29) is 24.0 Å². The van der Waals surface area contributed by atoms with Crippen LogP contribution in [0.5, 0.6) is 0 Å². The van der Waals surface area contributed by atoms with Crippen LogP contribution in [-0.2, 0) is 16.7 Å². The number of oxime groups is 1. The number of hydrogen-bond donors (Lipinski definition) is 0. The van der Waals surface area contributed by atoms with Crippen molar-refractivity contribution in [3.05, 3.63) is 30.1 Å². The van der Waals surface area contributed by atoms with Crippen LogP contribution in [0.25, 0.3) is 0 Å². The Morgan fingerprint density at radius 1 is 1.50 bits per heavy atom. The molecule has 1 heterocycles. The van der Waals surface area contributed by atoms with Gasteiger partial charge in [0.1, 0.15) is 7.05 Å². The quantitative estimate of drug-likeness (QED) is 0.198. The van der Waals surface area contributed by atoms with Crippen molar-refractivity contribution in [3.8, 4) is 0 Å². The van der Waals surface area contributed by atoms with Crippen LogP contribution in [0.1, 0.15) is 12.5 Å². The maximum atomic E-state index is 10.3. The first-order valence-corrected chi connectivity index (χ1v) is 3.85. The molecule has 0 spiro atoms. The van der Waals surface area contributed by atoms with E-state index in [0.717, 1.165) is 5.56 Å². The number of halogens is 1. The molecule has 0 aliphatic rings. The van der Waals surface area contributed by atoms with E-state index in [4.69, 9.17) is 0 Å². The van der Waals surface area contributed by atoms with Gasteiger partial charge in [0.2, 0.25) is 0 Å². The molecule has 0 N–H and O–H groups in total. The Morgan fingerprint density at radius 3 is 2.57 bits per heavy atom. The zero-order valence-electron chi connectivity index (χ0n) is 7.98. The number of pyridine rings is 1. The van der Waals surface area contributed by atoms with E-state index in [2.05, 4.69) is 9.99 Å². The largest absolute Gasteiger partial charge is 1.00 e. The number of hydrogen-bond acceptors (Lipinski definition) is 3. The fourth-order valence-electron chi connectivity index (χ4n) is 0.760. The molecule has 0 aliphatic carbocycles. The summed E-state index contributed by atoms with van der Waals surface area (Å²) in [7, 11) is 1.92. The number of aromatic nitrogens is 1. The van der Waals surface area contributed by atoms with Crippen LogP contribution in [0.2, 0.25) is 0 Å². The summed E-state index contributed by atoms with van der Waals surface area (Å²) in [6, 6.07) is 3.74. The molecule has 4 nitrogen and oxygen atoms in total. The maximum absolute atomic E-state index is 10.3. The normalized spacial score (nSPS) is 9.57.